The molecule has 30 heavy (non-hydrogen) atoms. The lowest BCUT2D eigenvalue weighted by Crippen LogP contribution is -2.08. The van der Waals surface area contributed by atoms with E-state index in [-0.39, 0.29) is 13.2 Å². The Kier molecular flexibility index (Phi) is 5.39. The number of benzene rings is 2. The number of fused-ring (bicyclic) bond motifs is 2. The summed E-state index contributed by atoms with van der Waals surface area (Å²) in [6, 6.07) is 18.0. The maximum Gasteiger partial charge on any atom is 0.338 e. The molecule has 6 nitrogen and oxygen atoms in total. The molecular formula is C24H20N2O4. The number of pyridine rings is 2. The minimum Gasteiger partial charge on any atom is -0.462 e. The van der Waals surface area contributed by atoms with Crippen molar-refractivity contribution >= 4 is 33.7 Å². The van der Waals surface area contributed by atoms with Gasteiger partial charge in [-0.3, -0.25) is 0 Å². The normalized spacial score (nSPS) is 10.9. The molecule has 0 bridgehead atoms. The van der Waals surface area contributed by atoms with Crippen LogP contribution in [0, 0.1) is 0 Å². The highest BCUT2D eigenvalue weighted by Crippen LogP contribution is 2.28. The Morgan fingerprint density at radius 2 is 1.10 bits per heavy atom. The molecule has 0 N–H and O–H groups in total. The summed E-state index contributed by atoms with van der Waals surface area (Å²) in [5.41, 5.74) is 3.06. The summed E-state index contributed by atoms with van der Waals surface area (Å²) in [4.78, 5) is 34.5. The molecule has 0 saturated carbocycles. The van der Waals surface area contributed by atoms with Crippen molar-refractivity contribution in [2.75, 3.05) is 13.2 Å². The number of hydrogen-bond acceptors (Lipinski definition) is 6. The van der Waals surface area contributed by atoms with Gasteiger partial charge in [0.05, 0.1) is 46.8 Å². The second kappa shape index (κ2) is 8.29. The first-order chi connectivity index (χ1) is 14.6. The maximum absolute atomic E-state index is 12.6. The number of carbonyl (C=O) groups excluding carboxylic acids is 2. The Labute approximate surface area is 173 Å². The van der Waals surface area contributed by atoms with Crippen LogP contribution in [0.3, 0.4) is 0 Å². The molecule has 150 valence electrons. The average molecular weight is 400 g/mol. The van der Waals surface area contributed by atoms with Crippen molar-refractivity contribution in [3.8, 4) is 11.4 Å². The standard InChI is InChI=1S/C24H20N2O4/c1-3-29-23(27)17-13-21(25-19-11-7-5-9-15(17)19)22-14-18(24(28)30-4-2)16-10-6-8-12-20(16)26-22/h5-14H,3-4H2,1-2H3. The molecule has 4 rings (SSSR count). The van der Waals surface area contributed by atoms with Crippen molar-refractivity contribution in [3.63, 3.8) is 0 Å². The Hall–Kier alpha value is -3.80. The average Bonchev–Trinajstić information content (AvgIpc) is 2.77. The smallest absolute Gasteiger partial charge is 0.338 e. The van der Waals surface area contributed by atoms with E-state index < -0.39 is 11.9 Å². The molecule has 0 aliphatic rings. The zero-order valence-electron chi connectivity index (χ0n) is 16.7. The van der Waals surface area contributed by atoms with Crippen LogP contribution in [0.1, 0.15) is 34.6 Å². The van der Waals surface area contributed by atoms with E-state index >= 15 is 0 Å². The highest BCUT2D eigenvalue weighted by molar-refractivity contribution is 6.06. The van der Waals surface area contributed by atoms with E-state index in [2.05, 4.69) is 9.97 Å². The molecule has 0 radical (unpaired) electrons. The van der Waals surface area contributed by atoms with Gasteiger partial charge in [0.1, 0.15) is 0 Å². The summed E-state index contributed by atoms with van der Waals surface area (Å²) in [6.07, 6.45) is 0. The topological polar surface area (TPSA) is 78.4 Å². The second-order valence-electron chi connectivity index (χ2n) is 6.59. The number of ether oxygens (including phenoxy) is 2. The van der Waals surface area contributed by atoms with Crippen molar-refractivity contribution in [2.45, 2.75) is 13.8 Å². The summed E-state index contributed by atoms with van der Waals surface area (Å²) < 4.78 is 10.5. The van der Waals surface area contributed by atoms with Gasteiger partial charge in [0, 0.05) is 10.8 Å². The Morgan fingerprint density at radius 3 is 1.50 bits per heavy atom. The largest absolute Gasteiger partial charge is 0.462 e. The van der Waals surface area contributed by atoms with E-state index in [4.69, 9.17) is 9.47 Å². The molecule has 0 amide bonds. The highest BCUT2D eigenvalue weighted by atomic mass is 16.5. The second-order valence-corrected chi connectivity index (χ2v) is 6.59. The molecule has 0 aliphatic carbocycles. The molecule has 0 unspecified atom stereocenters. The first-order valence-electron chi connectivity index (χ1n) is 9.76. The zero-order valence-corrected chi connectivity index (χ0v) is 16.7. The first-order valence-corrected chi connectivity index (χ1v) is 9.76. The minimum absolute atomic E-state index is 0.270. The molecule has 2 aromatic heterocycles. The molecule has 0 spiro atoms. The van der Waals surface area contributed by atoms with Crippen molar-refractivity contribution in [1.29, 1.82) is 0 Å². The van der Waals surface area contributed by atoms with Gasteiger partial charge in [-0.2, -0.15) is 0 Å². The summed E-state index contributed by atoms with van der Waals surface area (Å²) in [5.74, 6) is -0.854. The van der Waals surface area contributed by atoms with E-state index in [1.54, 1.807) is 26.0 Å². The summed E-state index contributed by atoms with van der Waals surface area (Å²) >= 11 is 0. The van der Waals surface area contributed by atoms with Gasteiger partial charge in [-0.05, 0) is 38.1 Å². The van der Waals surface area contributed by atoms with Gasteiger partial charge in [-0.1, -0.05) is 36.4 Å². The van der Waals surface area contributed by atoms with Crippen LogP contribution in [0.2, 0.25) is 0 Å². The van der Waals surface area contributed by atoms with E-state index in [9.17, 15) is 9.59 Å². The van der Waals surface area contributed by atoms with Crippen LogP contribution in [0.15, 0.2) is 60.7 Å². The van der Waals surface area contributed by atoms with E-state index in [1.165, 1.54) is 0 Å². The number of carbonyl (C=O) groups is 2. The van der Waals surface area contributed by atoms with Crippen LogP contribution in [0.25, 0.3) is 33.2 Å². The van der Waals surface area contributed by atoms with Crippen LogP contribution in [-0.4, -0.2) is 35.1 Å². The van der Waals surface area contributed by atoms with Crippen LogP contribution in [0.5, 0.6) is 0 Å². The lowest BCUT2D eigenvalue weighted by atomic mass is 10.0. The third-order valence-corrected chi connectivity index (χ3v) is 4.69. The van der Waals surface area contributed by atoms with E-state index in [0.717, 1.165) is 0 Å². The summed E-state index contributed by atoms with van der Waals surface area (Å²) in [5, 5.41) is 1.40. The molecular weight excluding hydrogens is 380 g/mol. The fourth-order valence-corrected chi connectivity index (χ4v) is 3.37. The van der Waals surface area contributed by atoms with Gasteiger partial charge < -0.3 is 9.47 Å². The molecule has 0 atom stereocenters. The van der Waals surface area contributed by atoms with Crippen LogP contribution >= 0.6 is 0 Å². The van der Waals surface area contributed by atoms with Crippen molar-refractivity contribution in [1.82, 2.24) is 9.97 Å². The summed E-state index contributed by atoms with van der Waals surface area (Å²) in [7, 11) is 0. The fraction of sp³-hybridized carbons (Fsp3) is 0.167. The minimum atomic E-state index is -0.427. The predicted octanol–water partition coefficient (Wildman–Crippen LogP) is 4.80. The Morgan fingerprint density at radius 1 is 0.700 bits per heavy atom. The SMILES string of the molecule is CCOC(=O)c1cc(-c2cc(C(=O)OCC)c3ccccc3n2)nc2ccccc12. The van der Waals surface area contributed by atoms with Gasteiger partial charge in [-0.15, -0.1) is 0 Å². The molecule has 0 fully saturated rings. The van der Waals surface area contributed by atoms with Gasteiger partial charge in [-0.25, -0.2) is 19.6 Å². The Bertz CT molecular complexity index is 1170. The zero-order chi connectivity index (χ0) is 21.1. The van der Waals surface area contributed by atoms with E-state index in [1.807, 2.05) is 48.5 Å². The van der Waals surface area contributed by atoms with Crippen LogP contribution < -0.4 is 0 Å². The number of hydrogen-bond donors (Lipinski definition) is 0. The van der Waals surface area contributed by atoms with Gasteiger partial charge in [0.15, 0.2) is 0 Å². The van der Waals surface area contributed by atoms with Crippen molar-refractivity contribution in [3.05, 3.63) is 71.8 Å². The lowest BCUT2D eigenvalue weighted by molar-refractivity contribution is 0.0519. The highest BCUT2D eigenvalue weighted by Gasteiger charge is 2.18. The maximum atomic E-state index is 12.6. The van der Waals surface area contributed by atoms with Gasteiger partial charge >= 0.3 is 11.9 Å². The number of aromatic nitrogens is 2. The molecule has 6 heteroatoms. The summed E-state index contributed by atoms with van der Waals surface area (Å²) in [6.45, 7) is 4.06. The van der Waals surface area contributed by atoms with Crippen LogP contribution in [-0.2, 0) is 9.47 Å². The third kappa shape index (κ3) is 3.59. The number of esters is 2. The molecule has 0 aliphatic heterocycles. The Balaban J connectivity index is 1.96. The van der Waals surface area contributed by atoms with Crippen molar-refractivity contribution < 1.29 is 19.1 Å². The van der Waals surface area contributed by atoms with Gasteiger partial charge in [0.25, 0.3) is 0 Å². The van der Waals surface area contributed by atoms with Crippen LogP contribution in [0.4, 0.5) is 0 Å². The lowest BCUT2D eigenvalue weighted by Gasteiger charge is -2.11. The third-order valence-electron chi connectivity index (χ3n) is 4.69. The van der Waals surface area contributed by atoms with Crippen molar-refractivity contribution in [2.24, 2.45) is 0 Å². The quantitative estimate of drug-likeness (QED) is 0.448. The number of para-hydroxylation sites is 2. The van der Waals surface area contributed by atoms with E-state index in [0.29, 0.717) is 44.3 Å². The fourth-order valence-electron chi connectivity index (χ4n) is 3.37. The first kappa shape index (κ1) is 19.5. The molecule has 0 saturated heterocycles. The number of rotatable bonds is 5. The molecule has 2 heterocycles. The van der Waals surface area contributed by atoms with Gasteiger partial charge in [0.2, 0.25) is 0 Å². The molecule has 4 aromatic rings. The number of nitrogens with zero attached hydrogens (tertiary/aromatic N) is 2. The predicted molar refractivity (Wildman–Crippen MR) is 114 cm³/mol. The molecule has 2 aromatic carbocycles. The monoisotopic (exact) mass is 400 g/mol.